The molecule has 150 valence electrons. The fraction of sp³-hybridized carbons (Fsp3) is 0.450. The van der Waals surface area contributed by atoms with E-state index in [1.807, 2.05) is 61.4 Å². The van der Waals surface area contributed by atoms with Gasteiger partial charge in [0.2, 0.25) is 0 Å². The molecule has 1 aromatic heterocycles. The molecule has 0 aliphatic carbocycles. The Hall–Kier alpha value is -2.61. The van der Waals surface area contributed by atoms with Crippen molar-refractivity contribution in [2.75, 3.05) is 26.2 Å². The van der Waals surface area contributed by atoms with Crippen LogP contribution in [0.2, 0.25) is 0 Å². The normalized spacial score (nSPS) is 15.6. The zero-order chi connectivity index (χ0) is 20.1. The highest BCUT2D eigenvalue weighted by Crippen LogP contribution is 2.22. The fourth-order valence-electron chi connectivity index (χ4n) is 2.82. The summed E-state index contributed by atoms with van der Waals surface area (Å²) in [6, 6.07) is 10.1. The smallest absolute Gasteiger partial charge is 0.410 e. The second kappa shape index (κ2) is 8.60. The molecule has 2 aromatic rings. The van der Waals surface area contributed by atoms with E-state index in [4.69, 9.17) is 10.5 Å². The van der Waals surface area contributed by atoms with Crippen LogP contribution in [-0.4, -0.2) is 58.6 Å². The fourth-order valence-corrected chi connectivity index (χ4v) is 3.54. The zero-order valence-corrected chi connectivity index (χ0v) is 17.4. The summed E-state index contributed by atoms with van der Waals surface area (Å²) in [5, 5.41) is 2.96. The lowest BCUT2D eigenvalue weighted by Gasteiger charge is -2.36. The van der Waals surface area contributed by atoms with Gasteiger partial charge in [0.25, 0.3) is 0 Å². The number of amides is 1. The van der Waals surface area contributed by atoms with Gasteiger partial charge in [-0.3, -0.25) is 0 Å². The molecule has 0 bridgehead atoms. The Kier molecular flexibility index (Phi) is 6.18. The van der Waals surface area contributed by atoms with Crippen molar-refractivity contribution in [1.29, 1.82) is 0 Å². The van der Waals surface area contributed by atoms with E-state index < -0.39 is 5.60 Å². The van der Waals surface area contributed by atoms with Gasteiger partial charge in [0, 0.05) is 37.1 Å². The summed E-state index contributed by atoms with van der Waals surface area (Å²) in [6.45, 7) is 8.48. The molecule has 1 aliphatic rings. The number of carbonyl (C=O) groups excluding carboxylic acids is 1. The van der Waals surface area contributed by atoms with E-state index in [1.165, 1.54) is 0 Å². The summed E-state index contributed by atoms with van der Waals surface area (Å²) in [4.78, 5) is 25.0. The Morgan fingerprint density at radius 3 is 2.46 bits per heavy atom. The lowest BCUT2D eigenvalue weighted by Crippen LogP contribution is -2.53. The maximum Gasteiger partial charge on any atom is 0.410 e. The van der Waals surface area contributed by atoms with Crippen LogP contribution in [0.25, 0.3) is 11.3 Å². The van der Waals surface area contributed by atoms with Gasteiger partial charge in [-0.1, -0.05) is 30.3 Å². The quantitative estimate of drug-likeness (QED) is 0.631. The molecule has 1 fully saturated rings. The summed E-state index contributed by atoms with van der Waals surface area (Å²) in [5.74, 6) is 0.486. The molecule has 0 radical (unpaired) electrons. The van der Waals surface area contributed by atoms with Crippen LogP contribution in [0, 0.1) is 0 Å². The molecule has 0 unspecified atom stereocenters. The molecule has 1 amide bonds. The maximum absolute atomic E-state index is 12.1. The minimum atomic E-state index is -0.485. The molecule has 0 saturated carbocycles. The molecule has 2 heterocycles. The van der Waals surface area contributed by atoms with Gasteiger partial charge >= 0.3 is 6.09 Å². The van der Waals surface area contributed by atoms with Crippen molar-refractivity contribution < 1.29 is 9.53 Å². The van der Waals surface area contributed by atoms with E-state index in [-0.39, 0.29) is 6.09 Å². The number of piperazine rings is 1. The number of nitrogens with two attached hydrogens (primary N) is 1. The largest absolute Gasteiger partial charge is 0.444 e. The van der Waals surface area contributed by atoms with E-state index in [0.717, 1.165) is 16.3 Å². The summed E-state index contributed by atoms with van der Waals surface area (Å²) in [6.07, 6.45) is -0.279. The second-order valence-corrected chi connectivity index (χ2v) is 8.56. The van der Waals surface area contributed by atoms with Crippen LogP contribution in [0.15, 0.2) is 40.7 Å². The molecule has 0 spiro atoms. The van der Waals surface area contributed by atoms with Gasteiger partial charge in [-0.25, -0.2) is 14.8 Å². The second-order valence-electron chi connectivity index (χ2n) is 7.62. The van der Waals surface area contributed by atoms with Crippen LogP contribution in [0.1, 0.15) is 25.8 Å². The molecule has 8 heteroatoms. The van der Waals surface area contributed by atoms with Gasteiger partial charge in [-0.2, -0.15) is 0 Å². The predicted octanol–water partition coefficient (Wildman–Crippen LogP) is 3.18. The summed E-state index contributed by atoms with van der Waals surface area (Å²) >= 11 is 1.58. The molecule has 0 atom stereocenters. The average molecular weight is 402 g/mol. The number of rotatable bonds is 3. The molecule has 2 N–H and O–H groups in total. The highest BCUT2D eigenvalue weighted by molar-refractivity contribution is 7.09. The van der Waals surface area contributed by atoms with Gasteiger partial charge in [0.05, 0.1) is 12.2 Å². The van der Waals surface area contributed by atoms with Gasteiger partial charge in [0.1, 0.15) is 10.6 Å². The monoisotopic (exact) mass is 401 g/mol. The van der Waals surface area contributed by atoms with Crippen LogP contribution >= 0.6 is 11.3 Å². The van der Waals surface area contributed by atoms with Crippen molar-refractivity contribution in [2.45, 2.75) is 32.9 Å². The molecule has 1 aromatic carbocycles. The van der Waals surface area contributed by atoms with Crippen molar-refractivity contribution in [2.24, 2.45) is 10.7 Å². The number of ether oxygens (including phenoxy) is 1. The van der Waals surface area contributed by atoms with Gasteiger partial charge in [-0.15, -0.1) is 11.3 Å². The lowest BCUT2D eigenvalue weighted by molar-refractivity contribution is 0.0186. The summed E-state index contributed by atoms with van der Waals surface area (Å²) in [7, 11) is 0. The highest BCUT2D eigenvalue weighted by atomic mass is 32.1. The Bertz CT molecular complexity index is 821. The van der Waals surface area contributed by atoms with E-state index in [2.05, 4.69) is 9.98 Å². The minimum Gasteiger partial charge on any atom is -0.444 e. The molecule has 7 nitrogen and oxygen atoms in total. The van der Waals surface area contributed by atoms with Crippen molar-refractivity contribution in [3.05, 3.63) is 40.7 Å². The molecule has 1 saturated heterocycles. The Labute approximate surface area is 169 Å². The Balaban J connectivity index is 1.51. The molecule has 3 rings (SSSR count). The molecular formula is C20H27N5O2S. The average Bonchev–Trinajstić information content (AvgIpc) is 3.15. The predicted molar refractivity (Wildman–Crippen MR) is 112 cm³/mol. The number of guanidine groups is 1. The standard InChI is InChI=1S/C20H27N5O2S/c1-20(2,3)27-19(26)25-11-9-24(10-12-25)18(21)22-13-17-23-16(14-28-17)15-7-5-4-6-8-15/h4-8,14H,9-13H2,1-3H3,(H2,21,22). The van der Waals surface area contributed by atoms with Crippen LogP contribution in [-0.2, 0) is 11.3 Å². The van der Waals surface area contributed by atoms with Gasteiger partial charge < -0.3 is 20.3 Å². The number of aromatic nitrogens is 1. The number of benzene rings is 1. The SMILES string of the molecule is CC(C)(C)OC(=O)N1CCN(C(N)=NCc2nc(-c3ccccc3)cs2)CC1. The number of carbonyl (C=O) groups is 1. The van der Waals surface area contributed by atoms with E-state index in [9.17, 15) is 4.79 Å². The van der Waals surface area contributed by atoms with Gasteiger partial charge in [0.15, 0.2) is 5.96 Å². The third kappa shape index (κ3) is 5.45. The Morgan fingerprint density at radius 1 is 1.18 bits per heavy atom. The highest BCUT2D eigenvalue weighted by Gasteiger charge is 2.26. The number of aliphatic imine (C=N–C) groups is 1. The minimum absolute atomic E-state index is 0.279. The van der Waals surface area contributed by atoms with Crippen molar-refractivity contribution in [1.82, 2.24) is 14.8 Å². The maximum atomic E-state index is 12.1. The van der Waals surface area contributed by atoms with E-state index >= 15 is 0 Å². The van der Waals surface area contributed by atoms with Crippen LogP contribution < -0.4 is 5.73 Å². The van der Waals surface area contributed by atoms with Crippen LogP contribution in [0.4, 0.5) is 4.79 Å². The topological polar surface area (TPSA) is 84.0 Å². The number of hydrogen-bond donors (Lipinski definition) is 1. The lowest BCUT2D eigenvalue weighted by atomic mass is 10.2. The number of nitrogens with zero attached hydrogens (tertiary/aromatic N) is 4. The molecule has 28 heavy (non-hydrogen) atoms. The van der Waals surface area contributed by atoms with Crippen molar-refractivity contribution >= 4 is 23.4 Å². The van der Waals surface area contributed by atoms with Crippen LogP contribution in [0.3, 0.4) is 0 Å². The third-order valence-electron chi connectivity index (χ3n) is 4.25. The van der Waals surface area contributed by atoms with Crippen LogP contribution in [0.5, 0.6) is 0 Å². The first-order chi connectivity index (χ1) is 13.3. The summed E-state index contributed by atoms with van der Waals surface area (Å²) < 4.78 is 5.42. The first-order valence-electron chi connectivity index (χ1n) is 9.34. The van der Waals surface area contributed by atoms with Gasteiger partial charge in [-0.05, 0) is 20.8 Å². The van der Waals surface area contributed by atoms with Crippen molar-refractivity contribution in [3.63, 3.8) is 0 Å². The molecular weight excluding hydrogens is 374 g/mol. The Morgan fingerprint density at radius 2 is 1.82 bits per heavy atom. The molecule has 1 aliphatic heterocycles. The first-order valence-corrected chi connectivity index (χ1v) is 10.2. The number of thiazole rings is 1. The third-order valence-corrected chi connectivity index (χ3v) is 5.09. The van der Waals surface area contributed by atoms with Crippen molar-refractivity contribution in [3.8, 4) is 11.3 Å². The van der Waals surface area contributed by atoms with E-state index in [1.54, 1.807) is 16.2 Å². The number of hydrogen-bond acceptors (Lipinski definition) is 5. The van der Waals surface area contributed by atoms with E-state index in [0.29, 0.717) is 38.7 Å². The zero-order valence-electron chi connectivity index (χ0n) is 16.6. The first kappa shape index (κ1) is 20.1. The summed E-state index contributed by atoms with van der Waals surface area (Å²) in [5.41, 5.74) is 7.73.